The summed E-state index contributed by atoms with van der Waals surface area (Å²) in [5, 5.41) is 6.74. The molecule has 1 saturated heterocycles. The number of nitrogens with zero attached hydrogens (tertiary/aromatic N) is 4. The van der Waals surface area contributed by atoms with Crippen LogP contribution in [0, 0.1) is 0 Å². The van der Waals surface area contributed by atoms with Gasteiger partial charge in [-0.25, -0.2) is 9.98 Å². The van der Waals surface area contributed by atoms with Gasteiger partial charge in [-0.15, -0.1) is 24.0 Å². The van der Waals surface area contributed by atoms with Gasteiger partial charge < -0.3 is 19.9 Å². The number of benzene rings is 1. The quantitative estimate of drug-likeness (QED) is 0.331. The Kier molecular flexibility index (Phi) is 10.3. The van der Waals surface area contributed by atoms with Crippen LogP contribution in [0.4, 0.5) is 0 Å². The zero-order valence-electron chi connectivity index (χ0n) is 16.5. The minimum absolute atomic E-state index is 0. The number of guanidine groups is 1. The van der Waals surface area contributed by atoms with Crippen LogP contribution in [0.1, 0.15) is 18.1 Å². The van der Waals surface area contributed by atoms with Crippen molar-refractivity contribution in [1.29, 1.82) is 0 Å². The highest BCUT2D eigenvalue weighted by Crippen LogP contribution is 2.07. The molecule has 0 atom stereocenters. The summed E-state index contributed by atoms with van der Waals surface area (Å²) >= 11 is 0. The van der Waals surface area contributed by atoms with Crippen LogP contribution in [0.5, 0.6) is 0 Å². The van der Waals surface area contributed by atoms with Crippen molar-refractivity contribution in [2.45, 2.75) is 20.0 Å². The standard InChI is InChI=1S/C20H30N6O.HI/c1-2-22-20(23-8-10-25-11-13-27-14-12-25)24-15-18-3-5-19(6-4-18)16-26-9-7-21-17-26;/h3-7,9,17H,2,8,10-16H2,1H3,(H2,22,23,24);1H. The minimum atomic E-state index is 0. The van der Waals surface area contributed by atoms with Gasteiger partial charge in [0, 0.05) is 51.7 Å². The number of ether oxygens (including phenoxy) is 1. The number of imidazole rings is 1. The van der Waals surface area contributed by atoms with Crippen molar-refractivity contribution in [2.75, 3.05) is 45.9 Å². The van der Waals surface area contributed by atoms with E-state index >= 15 is 0 Å². The van der Waals surface area contributed by atoms with Gasteiger partial charge in [0.15, 0.2) is 5.96 Å². The number of aromatic nitrogens is 2. The molecular formula is C20H31IN6O. The Labute approximate surface area is 184 Å². The smallest absolute Gasteiger partial charge is 0.191 e. The third-order valence-electron chi connectivity index (χ3n) is 4.54. The van der Waals surface area contributed by atoms with Crippen LogP contribution in [0.2, 0.25) is 0 Å². The predicted octanol–water partition coefficient (Wildman–Crippen LogP) is 1.94. The fourth-order valence-electron chi connectivity index (χ4n) is 3.01. The fraction of sp³-hybridized carbons (Fsp3) is 0.500. The fourth-order valence-corrected chi connectivity index (χ4v) is 3.01. The molecular weight excluding hydrogens is 467 g/mol. The molecule has 1 aliphatic rings. The third-order valence-corrected chi connectivity index (χ3v) is 4.54. The Morgan fingerprint density at radius 3 is 2.57 bits per heavy atom. The molecule has 2 heterocycles. The van der Waals surface area contributed by atoms with Gasteiger partial charge in [0.05, 0.1) is 26.1 Å². The van der Waals surface area contributed by atoms with Gasteiger partial charge in [-0.3, -0.25) is 4.90 Å². The summed E-state index contributed by atoms with van der Waals surface area (Å²) in [7, 11) is 0. The van der Waals surface area contributed by atoms with Crippen LogP contribution >= 0.6 is 24.0 Å². The predicted molar refractivity (Wildman–Crippen MR) is 123 cm³/mol. The van der Waals surface area contributed by atoms with Gasteiger partial charge in [0.1, 0.15) is 0 Å². The molecule has 28 heavy (non-hydrogen) atoms. The summed E-state index contributed by atoms with van der Waals surface area (Å²) in [5.74, 6) is 0.869. The summed E-state index contributed by atoms with van der Waals surface area (Å²) in [6, 6.07) is 8.60. The molecule has 0 aliphatic carbocycles. The Balaban J connectivity index is 0.00000280. The SMILES string of the molecule is CCNC(=NCc1ccc(Cn2ccnc2)cc1)NCCN1CCOCC1.I. The van der Waals surface area contributed by atoms with E-state index in [-0.39, 0.29) is 24.0 Å². The Morgan fingerprint density at radius 1 is 1.14 bits per heavy atom. The summed E-state index contributed by atoms with van der Waals surface area (Å²) in [6.45, 7) is 10.1. The van der Waals surface area contributed by atoms with Crippen LogP contribution in [0.25, 0.3) is 0 Å². The second-order valence-electron chi connectivity index (χ2n) is 6.63. The van der Waals surface area contributed by atoms with Crippen molar-refractivity contribution in [3.63, 3.8) is 0 Å². The minimum Gasteiger partial charge on any atom is -0.379 e. The van der Waals surface area contributed by atoms with E-state index in [2.05, 4.69) is 56.3 Å². The number of hydrogen-bond donors (Lipinski definition) is 2. The van der Waals surface area contributed by atoms with Crippen molar-refractivity contribution in [1.82, 2.24) is 25.1 Å². The van der Waals surface area contributed by atoms with Gasteiger partial charge in [0.2, 0.25) is 0 Å². The van der Waals surface area contributed by atoms with E-state index in [9.17, 15) is 0 Å². The highest BCUT2D eigenvalue weighted by atomic mass is 127. The first-order chi connectivity index (χ1) is 13.3. The van der Waals surface area contributed by atoms with Gasteiger partial charge >= 0.3 is 0 Å². The zero-order valence-corrected chi connectivity index (χ0v) is 18.8. The normalized spacial score (nSPS) is 15.1. The lowest BCUT2D eigenvalue weighted by molar-refractivity contribution is 0.0389. The highest BCUT2D eigenvalue weighted by molar-refractivity contribution is 14.0. The highest BCUT2D eigenvalue weighted by Gasteiger charge is 2.09. The number of morpholine rings is 1. The van der Waals surface area contributed by atoms with Crippen LogP contribution < -0.4 is 10.6 Å². The van der Waals surface area contributed by atoms with E-state index in [4.69, 9.17) is 9.73 Å². The maximum absolute atomic E-state index is 5.39. The van der Waals surface area contributed by atoms with E-state index in [1.54, 1.807) is 6.20 Å². The molecule has 7 nitrogen and oxygen atoms in total. The Hall–Kier alpha value is -1.65. The first kappa shape index (κ1) is 22.6. The molecule has 0 radical (unpaired) electrons. The lowest BCUT2D eigenvalue weighted by atomic mass is 10.1. The summed E-state index contributed by atoms with van der Waals surface area (Å²) < 4.78 is 7.45. The third kappa shape index (κ3) is 7.76. The van der Waals surface area contributed by atoms with Gasteiger partial charge in [0.25, 0.3) is 0 Å². The number of nitrogens with one attached hydrogen (secondary N) is 2. The molecule has 0 amide bonds. The Morgan fingerprint density at radius 2 is 1.89 bits per heavy atom. The number of rotatable bonds is 8. The lowest BCUT2D eigenvalue weighted by Gasteiger charge is -2.26. The van der Waals surface area contributed by atoms with E-state index in [1.807, 2.05) is 12.5 Å². The van der Waals surface area contributed by atoms with Crippen LogP contribution in [0.15, 0.2) is 48.0 Å². The molecule has 0 spiro atoms. The molecule has 0 saturated carbocycles. The summed E-state index contributed by atoms with van der Waals surface area (Å²) in [6.07, 6.45) is 5.62. The van der Waals surface area contributed by atoms with Crippen LogP contribution in [0.3, 0.4) is 0 Å². The van der Waals surface area contributed by atoms with Crippen molar-refractivity contribution >= 4 is 29.9 Å². The number of aliphatic imine (C=N–C) groups is 1. The van der Waals surface area contributed by atoms with Crippen molar-refractivity contribution in [3.8, 4) is 0 Å². The molecule has 3 rings (SSSR count). The van der Waals surface area contributed by atoms with E-state index in [0.29, 0.717) is 6.54 Å². The monoisotopic (exact) mass is 498 g/mol. The summed E-state index contributed by atoms with van der Waals surface area (Å²) in [4.78, 5) is 11.2. The zero-order chi connectivity index (χ0) is 18.7. The lowest BCUT2D eigenvalue weighted by Crippen LogP contribution is -2.44. The van der Waals surface area contributed by atoms with Gasteiger partial charge in [-0.1, -0.05) is 24.3 Å². The molecule has 0 bridgehead atoms. The molecule has 2 N–H and O–H groups in total. The average Bonchev–Trinajstić information content (AvgIpc) is 3.21. The molecule has 154 valence electrons. The molecule has 2 aromatic rings. The second kappa shape index (κ2) is 12.7. The van der Waals surface area contributed by atoms with Gasteiger partial charge in [-0.2, -0.15) is 0 Å². The largest absolute Gasteiger partial charge is 0.379 e. The maximum atomic E-state index is 5.39. The molecule has 1 aromatic heterocycles. The maximum Gasteiger partial charge on any atom is 0.191 e. The van der Waals surface area contributed by atoms with Crippen LogP contribution in [-0.2, 0) is 17.8 Å². The van der Waals surface area contributed by atoms with Crippen LogP contribution in [-0.4, -0.2) is 66.3 Å². The molecule has 1 aromatic carbocycles. The first-order valence-electron chi connectivity index (χ1n) is 9.69. The molecule has 1 fully saturated rings. The van der Waals surface area contributed by atoms with Crippen molar-refractivity contribution in [3.05, 3.63) is 54.1 Å². The molecule has 1 aliphatic heterocycles. The summed E-state index contributed by atoms with van der Waals surface area (Å²) in [5.41, 5.74) is 2.46. The van der Waals surface area contributed by atoms with Crippen molar-refractivity contribution in [2.24, 2.45) is 4.99 Å². The number of halogens is 1. The Bertz CT molecular complexity index is 683. The number of hydrogen-bond acceptors (Lipinski definition) is 4. The van der Waals surface area contributed by atoms with E-state index in [1.165, 1.54) is 11.1 Å². The van der Waals surface area contributed by atoms with Gasteiger partial charge in [-0.05, 0) is 18.1 Å². The molecule has 8 heteroatoms. The van der Waals surface area contributed by atoms with Crippen molar-refractivity contribution < 1.29 is 4.74 Å². The van der Waals surface area contributed by atoms with E-state index in [0.717, 1.165) is 58.4 Å². The molecule has 0 unspecified atom stereocenters. The topological polar surface area (TPSA) is 66.7 Å². The first-order valence-corrected chi connectivity index (χ1v) is 9.69. The average molecular weight is 498 g/mol. The van der Waals surface area contributed by atoms with E-state index < -0.39 is 0 Å². The second-order valence-corrected chi connectivity index (χ2v) is 6.63.